The number of hydrogen-bond acceptors (Lipinski definition) is 4. The second-order valence-corrected chi connectivity index (χ2v) is 7.25. The van der Waals surface area contributed by atoms with Gasteiger partial charge in [0.2, 0.25) is 0 Å². The van der Waals surface area contributed by atoms with Gasteiger partial charge in [-0.3, -0.25) is 4.79 Å². The lowest BCUT2D eigenvalue weighted by atomic mass is 9.75. The van der Waals surface area contributed by atoms with Gasteiger partial charge in [-0.25, -0.2) is 0 Å². The van der Waals surface area contributed by atoms with Crippen LogP contribution < -0.4 is 4.74 Å². The highest BCUT2D eigenvalue weighted by molar-refractivity contribution is 5.72. The molecular formula is C25H24O4. The molecule has 2 atom stereocenters. The number of rotatable bonds is 5. The number of benzene rings is 3. The van der Waals surface area contributed by atoms with E-state index in [1.165, 1.54) is 5.56 Å². The SMILES string of the molecule is CCOC(=O)Cc1ccc(C2c3ccc(O)cc3OCC2c2ccccc2)cc1. The van der Waals surface area contributed by atoms with E-state index in [2.05, 4.69) is 24.3 Å². The molecule has 0 aliphatic carbocycles. The molecular weight excluding hydrogens is 364 g/mol. The van der Waals surface area contributed by atoms with Gasteiger partial charge in [-0.05, 0) is 29.7 Å². The average molecular weight is 388 g/mol. The summed E-state index contributed by atoms with van der Waals surface area (Å²) in [4.78, 5) is 11.8. The van der Waals surface area contributed by atoms with Gasteiger partial charge in [0, 0.05) is 23.5 Å². The van der Waals surface area contributed by atoms with E-state index in [9.17, 15) is 9.90 Å². The third-order valence-corrected chi connectivity index (χ3v) is 5.37. The van der Waals surface area contributed by atoms with Gasteiger partial charge < -0.3 is 14.6 Å². The Labute approximate surface area is 170 Å². The molecule has 0 saturated carbocycles. The van der Waals surface area contributed by atoms with Crippen LogP contribution in [0.3, 0.4) is 0 Å². The normalized spacial score (nSPS) is 17.8. The van der Waals surface area contributed by atoms with Crippen LogP contribution in [0.2, 0.25) is 0 Å². The van der Waals surface area contributed by atoms with Gasteiger partial charge in [0.1, 0.15) is 11.5 Å². The summed E-state index contributed by atoms with van der Waals surface area (Å²) in [7, 11) is 0. The van der Waals surface area contributed by atoms with Crippen molar-refractivity contribution in [1.82, 2.24) is 0 Å². The maximum Gasteiger partial charge on any atom is 0.310 e. The molecule has 1 N–H and O–H groups in total. The van der Waals surface area contributed by atoms with Crippen LogP contribution in [0.1, 0.15) is 41.0 Å². The molecule has 1 aliphatic heterocycles. The molecule has 0 aromatic heterocycles. The Balaban J connectivity index is 1.70. The van der Waals surface area contributed by atoms with Crippen LogP contribution in [0.4, 0.5) is 0 Å². The number of fused-ring (bicyclic) bond motifs is 1. The van der Waals surface area contributed by atoms with E-state index in [4.69, 9.17) is 9.47 Å². The predicted octanol–water partition coefficient (Wildman–Crippen LogP) is 4.81. The Bertz CT molecular complexity index is 979. The molecule has 0 radical (unpaired) electrons. The minimum Gasteiger partial charge on any atom is -0.508 e. The van der Waals surface area contributed by atoms with Crippen LogP contribution in [-0.4, -0.2) is 24.3 Å². The molecule has 1 heterocycles. The summed E-state index contributed by atoms with van der Waals surface area (Å²) >= 11 is 0. The van der Waals surface area contributed by atoms with Crippen LogP contribution in [0.15, 0.2) is 72.8 Å². The van der Waals surface area contributed by atoms with Crippen molar-refractivity contribution >= 4 is 5.97 Å². The van der Waals surface area contributed by atoms with Gasteiger partial charge in [0.25, 0.3) is 0 Å². The van der Waals surface area contributed by atoms with Crippen LogP contribution in [0.25, 0.3) is 0 Å². The molecule has 148 valence electrons. The lowest BCUT2D eigenvalue weighted by Gasteiger charge is -2.34. The quantitative estimate of drug-likeness (QED) is 0.638. The smallest absolute Gasteiger partial charge is 0.310 e. The van der Waals surface area contributed by atoms with Crippen molar-refractivity contribution in [2.24, 2.45) is 0 Å². The summed E-state index contributed by atoms with van der Waals surface area (Å²) in [5.74, 6) is 0.958. The zero-order valence-electron chi connectivity index (χ0n) is 16.4. The summed E-state index contributed by atoms with van der Waals surface area (Å²) in [6, 6.07) is 23.8. The van der Waals surface area contributed by atoms with E-state index >= 15 is 0 Å². The highest BCUT2D eigenvalue weighted by Crippen LogP contribution is 2.46. The second kappa shape index (κ2) is 8.39. The number of carbonyl (C=O) groups is 1. The van der Waals surface area contributed by atoms with Crippen molar-refractivity contribution in [3.05, 3.63) is 95.1 Å². The number of phenols is 1. The van der Waals surface area contributed by atoms with Crippen molar-refractivity contribution in [2.75, 3.05) is 13.2 Å². The minimum atomic E-state index is -0.214. The average Bonchev–Trinajstić information content (AvgIpc) is 2.74. The van der Waals surface area contributed by atoms with Crippen LogP contribution >= 0.6 is 0 Å². The number of hydrogen-bond donors (Lipinski definition) is 1. The lowest BCUT2D eigenvalue weighted by molar-refractivity contribution is -0.142. The van der Waals surface area contributed by atoms with Crippen LogP contribution in [-0.2, 0) is 16.0 Å². The maximum absolute atomic E-state index is 11.8. The minimum absolute atomic E-state index is 0.0957. The first-order valence-electron chi connectivity index (χ1n) is 9.91. The summed E-state index contributed by atoms with van der Waals surface area (Å²) in [6.45, 7) is 2.74. The Kier molecular flexibility index (Phi) is 5.52. The molecule has 0 fully saturated rings. The molecule has 0 spiro atoms. The van der Waals surface area contributed by atoms with E-state index in [1.54, 1.807) is 12.1 Å². The summed E-state index contributed by atoms with van der Waals surface area (Å²) in [5, 5.41) is 9.87. The molecule has 1 aliphatic rings. The number of phenolic OH excluding ortho intramolecular Hbond substituents is 1. The fraction of sp³-hybridized carbons (Fsp3) is 0.240. The third kappa shape index (κ3) is 4.11. The van der Waals surface area contributed by atoms with E-state index in [0.29, 0.717) is 13.2 Å². The van der Waals surface area contributed by atoms with E-state index in [-0.39, 0.29) is 30.0 Å². The Hall–Kier alpha value is -3.27. The standard InChI is InChI=1S/C25H24O4/c1-2-28-24(27)14-17-8-10-19(11-9-17)25-21-13-12-20(26)15-23(21)29-16-22(25)18-6-4-3-5-7-18/h3-13,15,22,25-26H,2,14,16H2,1H3. The second-order valence-electron chi connectivity index (χ2n) is 7.25. The fourth-order valence-corrected chi connectivity index (χ4v) is 4.02. The number of aromatic hydroxyl groups is 1. The van der Waals surface area contributed by atoms with E-state index < -0.39 is 0 Å². The number of esters is 1. The van der Waals surface area contributed by atoms with Gasteiger partial charge in [-0.15, -0.1) is 0 Å². The number of ether oxygens (including phenoxy) is 2. The van der Waals surface area contributed by atoms with Crippen molar-refractivity contribution < 1.29 is 19.4 Å². The molecule has 2 unspecified atom stereocenters. The van der Waals surface area contributed by atoms with Crippen LogP contribution in [0, 0.1) is 0 Å². The van der Waals surface area contributed by atoms with Gasteiger partial charge in [-0.1, -0.05) is 60.7 Å². The highest BCUT2D eigenvalue weighted by Gasteiger charge is 2.33. The highest BCUT2D eigenvalue weighted by atomic mass is 16.5. The third-order valence-electron chi connectivity index (χ3n) is 5.37. The van der Waals surface area contributed by atoms with Crippen LogP contribution in [0.5, 0.6) is 11.5 Å². The molecule has 4 heteroatoms. The Morgan fingerprint density at radius 1 is 1.03 bits per heavy atom. The van der Waals surface area contributed by atoms with Crippen molar-refractivity contribution in [3.63, 3.8) is 0 Å². The first-order chi connectivity index (χ1) is 14.2. The monoisotopic (exact) mass is 388 g/mol. The Morgan fingerprint density at radius 2 is 1.79 bits per heavy atom. The molecule has 3 aromatic carbocycles. The van der Waals surface area contributed by atoms with Crippen molar-refractivity contribution in [3.8, 4) is 11.5 Å². The van der Waals surface area contributed by atoms with E-state index in [0.717, 1.165) is 22.4 Å². The zero-order valence-corrected chi connectivity index (χ0v) is 16.4. The molecule has 29 heavy (non-hydrogen) atoms. The summed E-state index contributed by atoms with van der Waals surface area (Å²) in [6.07, 6.45) is 0.272. The van der Waals surface area contributed by atoms with Gasteiger partial charge in [0.15, 0.2) is 0 Å². The summed E-state index contributed by atoms with van der Waals surface area (Å²) in [5.41, 5.74) is 4.36. The Morgan fingerprint density at radius 3 is 2.52 bits per heavy atom. The van der Waals surface area contributed by atoms with Gasteiger partial charge >= 0.3 is 5.97 Å². The first-order valence-corrected chi connectivity index (χ1v) is 9.91. The largest absolute Gasteiger partial charge is 0.508 e. The molecule has 4 rings (SSSR count). The molecule has 4 nitrogen and oxygen atoms in total. The van der Waals surface area contributed by atoms with Gasteiger partial charge in [0.05, 0.1) is 19.6 Å². The lowest BCUT2D eigenvalue weighted by Crippen LogP contribution is -2.25. The first kappa shape index (κ1) is 19.1. The molecule has 0 saturated heterocycles. The van der Waals surface area contributed by atoms with Gasteiger partial charge in [-0.2, -0.15) is 0 Å². The zero-order chi connectivity index (χ0) is 20.2. The number of carbonyl (C=O) groups excluding carboxylic acids is 1. The van der Waals surface area contributed by atoms with Crippen molar-refractivity contribution in [2.45, 2.75) is 25.2 Å². The molecule has 0 amide bonds. The maximum atomic E-state index is 11.8. The van der Waals surface area contributed by atoms with E-state index in [1.807, 2.05) is 43.3 Å². The van der Waals surface area contributed by atoms with Crippen molar-refractivity contribution in [1.29, 1.82) is 0 Å². The molecule has 0 bridgehead atoms. The topological polar surface area (TPSA) is 55.8 Å². The summed E-state index contributed by atoms with van der Waals surface area (Å²) < 4.78 is 11.1. The molecule has 3 aromatic rings. The fourth-order valence-electron chi connectivity index (χ4n) is 4.02. The predicted molar refractivity (Wildman–Crippen MR) is 111 cm³/mol.